The number of hydrogen-bond acceptors (Lipinski definition) is 4. The molecule has 0 saturated carbocycles. The highest BCUT2D eigenvalue weighted by Crippen LogP contribution is 2.29. The molecule has 0 aliphatic rings. The van der Waals surface area contributed by atoms with E-state index in [1.807, 2.05) is 75.4 Å². The Morgan fingerprint density at radius 2 is 1.61 bits per heavy atom. The second kappa shape index (κ2) is 15.4. The van der Waals surface area contributed by atoms with Crippen LogP contribution in [0.2, 0.25) is 0 Å². The fourth-order valence-corrected chi connectivity index (χ4v) is 4.60. The van der Waals surface area contributed by atoms with Crippen LogP contribution in [0.5, 0.6) is 0 Å². The molecule has 7 heteroatoms. The normalized spacial score (nSPS) is 13.7. The molecule has 41 heavy (non-hydrogen) atoms. The molecule has 3 amide bonds. The number of rotatable bonds is 13. The van der Waals surface area contributed by atoms with E-state index >= 15 is 0 Å². The fourth-order valence-electron chi connectivity index (χ4n) is 4.60. The van der Waals surface area contributed by atoms with Crippen LogP contribution in [-0.4, -0.2) is 40.5 Å². The Kier molecular flexibility index (Phi) is 12.6. The summed E-state index contributed by atoms with van der Waals surface area (Å²) in [6.45, 7) is 19.5. The summed E-state index contributed by atoms with van der Waals surface area (Å²) in [5.74, 6) is -0.447. The molecule has 0 aliphatic carbocycles. The fraction of sp³-hybridized carbons (Fsp3) is 0.500. The van der Waals surface area contributed by atoms with Crippen molar-refractivity contribution in [3.8, 4) is 0 Å². The summed E-state index contributed by atoms with van der Waals surface area (Å²) in [5, 5.41) is 5.86. The van der Waals surface area contributed by atoms with E-state index in [2.05, 4.69) is 31.1 Å². The number of carbonyl (C=O) groups is 3. The van der Waals surface area contributed by atoms with Crippen molar-refractivity contribution in [2.75, 3.05) is 0 Å². The van der Waals surface area contributed by atoms with Gasteiger partial charge in [-0.1, -0.05) is 88.9 Å². The third kappa shape index (κ3) is 10.7. The Morgan fingerprint density at radius 1 is 0.951 bits per heavy atom. The minimum atomic E-state index is -0.921. The van der Waals surface area contributed by atoms with E-state index in [1.54, 1.807) is 31.7 Å². The molecule has 3 unspecified atom stereocenters. The quantitative estimate of drug-likeness (QED) is 0.278. The molecular weight excluding hydrogens is 514 g/mol. The average Bonchev–Trinajstić information content (AvgIpc) is 2.91. The highest BCUT2D eigenvalue weighted by molar-refractivity contribution is 5.92. The van der Waals surface area contributed by atoms with Gasteiger partial charge in [0.15, 0.2) is 0 Å². The SMILES string of the molecule is C=Cc1cccc(C(C(=O)NCc2ccccc2)N(C(=O)C(NC(=O)OC(C)(C)C)C(C)C)C(C)CCC(C)C)c1. The molecule has 224 valence electrons. The minimum Gasteiger partial charge on any atom is -0.444 e. The third-order valence-corrected chi connectivity index (χ3v) is 6.79. The van der Waals surface area contributed by atoms with Crippen molar-refractivity contribution >= 4 is 24.0 Å². The Bertz CT molecular complexity index is 1150. The Labute approximate surface area is 246 Å². The maximum atomic E-state index is 14.5. The van der Waals surface area contributed by atoms with E-state index in [-0.39, 0.29) is 23.8 Å². The number of carbonyl (C=O) groups excluding carboxylic acids is 3. The lowest BCUT2D eigenvalue weighted by Gasteiger charge is -2.39. The van der Waals surface area contributed by atoms with Crippen LogP contribution >= 0.6 is 0 Å². The molecule has 0 heterocycles. The Hall–Kier alpha value is -3.61. The lowest BCUT2D eigenvalue weighted by molar-refractivity contribution is -0.146. The predicted molar refractivity (Wildman–Crippen MR) is 166 cm³/mol. The summed E-state index contributed by atoms with van der Waals surface area (Å²) < 4.78 is 5.49. The summed E-state index contributed by atoms with van der Waals surface area (Å²) >= 11 is 0. The molecule has 2 aromatic carbocycles. The van der Waals surface area contributed by atoms with E-state index in [1.165, 1.54) is 0 Å². The maximum Gasteiger partial charge on any atom is 0.408 e. The Balaban J connectivity index is 2.58. The topological polar surface area (TPSA) is 87.7 Å². The van der Waals surface area contributed by atoms with Crippen molar-refractivity contribution < 1.29 is 19.1 Å². The number of alkyl carbamates (subject to hydrolysis) is 1. The van der Waals surface area contributed by atoms with Gasteiger partial charge in [-0.3, -0.25) is 9.59 Å². The summed E-state index contributed by atoms with van der Waals surface area (Å²) in [5.41, 5.74) is 1.76. The second-order valence-electron chi connectivity index (χ2n) is 12.4. The van der Waals surface area contributed by atoms with Gasteiger partial charge >= 0.3 is 6.09 Å². The van der Waals surface area contributed by atoms with Gasteiger partial charge in [0.05, 0.1) is 0 Å². The van der Waals surface area contributed by atoms with Crippen molar-refractivity contribution in [3.63, 3.8) is 0 Å². The smallest absolute Gasteiger partial charge is 0.408 e. The van der Waals surface area contributed by atoms with Crippen molar-refractivity contribution in [3.05, 3.63) is 77.9 Å². The first kappa shape index (κ1) is 33.6. The van der Waals surface area contributed by atoms with Crippen LogP contribution in [0.3, 0.4) is 0 Å². The van der Waals surface area contributed by atoms with E-state index in [0.29, 0.717) is 24.4 Å². The first-order valence-corrected chi connectivity index (χ1v) is 14.6. The molecule has 2 aromatic rings. The molecule has 0 saturated heterocycles. The van der Waals surface area contributed by atoms with Gasteiger partial charge in [-0.25, -0.2) is 4.79 Å². The molecule has 2 N–H and O–H groups in total. The van der Waals surface area contributed by atoms with Crippen molar-refractivity contribution in [2.45, 2.75) is 98.5 Å². The van der Waals surface area contributed by atoms with Gasteiger partial charge in [0.1, 0.15) is 17.7 Å². The standard InChI is InChI=1S/C34H49N3O4/c1-10-26-17-14-18-28(21-26)30(31(38)35-22-27-15-12-11-13-16-27)37(25(6)20-19-23(2)3)32(39)29(24(4)5)36-33(40)41-34(7,8)9/h10-18,21,23-25,29-30H,1,19-20,22H2,2-9H3,(H,35,38)(H,36,40). The molecule has 3 atom stereocenters. The molecule has 0 aromatic heterocycles. The van der Waals surface area contributed by atoms with E-state index in [4.69, 9.17) is 4.74 Å². The molecule has 2 rings (SSSR count). The monoisotopic (exact) mass is 563 g/mol. The van der Waals surface area contributed by atoms with Gasteiger partial charge in [-0.05, 0) is 75.1 Å². The summed E-state index contributed by atoms with van der Waals surface area (Å²) in [6.07, 6.45) is 2.63. The molecule has 0 spiro atoms. The number of nitrogens with zero attached hydrogens (tertiary/aromatic N) is 1. The highest BCUT2D eigenvalue weighted by Gasteiger charge is 2.40. The molecular formula is C34H49N3O4. The lowest BCUT2D eigenvalue weighted by atomic mass is 9.94. The highest BCUT2D eigenvalue weighted by atomic mass is 16.6. The van der Waals surface area contributed by atoms with E-state index in [0.717, 1.165) is 17.5 Å². The van der Waals surface area contributed by atoms with Crippen LogP contribution in [-0.2, 0) is 20.9 Å². The lowest BCUT2D eigenvalue weighted by Crippen LogP contribution is -2.57. The number of hydrogen-bond donors (Lipinski definition) is 2. The summed E-state index contributed by atoms with van der Waals surface area (Å²) in [6, 6.07) is 15.1. The summed E-state index contributed by atoms with van der Waals surface area (Å²) in [4.78, 5) is 43.0. The number of ether oxygens (including phenoxy) is 1. The van der Waals surface area contributed by atoms with Crippen molar-refractivity contribution in [2.24, 2.45) is 11.8 Å². The zero-order valence-corrected chi connectivity index (χ0v) is 26.1. The van der Waals surface area contributed by atoms with E-state index in [9.17, 15) is 14.4 Å². The zero-order chi connectivity index (χ0) is 30.7. The van der Waals surface area contributed by atoms with Gasteiger partial charge in [0.2, 0.25) is 11.8 Å². The molecule has 0 bridgehead atoms. The minimum absolute atomic E-state index is 0.248. The van der Waals surface area contributed by atoms with Crippen LogP contribution in [0.4, 0.5) is 4.79 Å². The molecule has 7 nitrogen and oxygen atoms in total. The van der Waals surface area contributed by atoms with Gasteiger partial charge in [-0.15, -0.1) is 0 Å². The van der Waals surface area contributed by atoms with Crippen LogP contribution in [0.1, 0.15) is 91.0 Å². The predicted octanol–water partition coefficient (Wildman–Crippen LogP) is 6.89. The van der Waals surface area contributed by atoms with Gasteiger partial charge < -0.3 is 20.3 Å². The van der Waals surface area contributed by atoms with Crippen LogP contribution in [0.15, 0.2) is 61.2 Å². The first-order valence-electron chi connectivity index (χ1n) is 14.6. The summed E-state index contributed by atoms with van der Waals surface area (Å²) in [7, 11) is 0. The first-order chi connectivity index (χ1) is 19.2. The number of benzene rings is 2. The largest absolute Gasteiger partial charge is 0.444 e. The van der Waals surface area contributed by atoms with Crippen LogP contribution in [0, 0.1) is 11.8 Å². The zero-order valence-electron chi connectivity index (χ0n) is 26.1. The average molecular weight is 564 g/mol. The van der Waals surface area contributed by atoms with E-state index < -0.39 is 23.8 Å². The maximum absolute atomic E-state index is 14.5. The van der Waals surface area contributed by atoms with Gasteiger partial charge in [0.25, 0.3) is 0 Å². The van der Waals surface area contributed by atoms with Crippen LogP contribution < -0.4 is 10.6 Å². The molecule has 0 aliphatic heterocycles. The van der Waals surface area contributed by atoms with Gasteiger partial charge in [-0.2, -0.15) is 0 Å². The van der Waals surface area contributed by atoms with Crippen molar-refractivity contribution in [1.82, 2.24) is 15.5 Å². The van der Waals surface area contributed by atoms with Gasteiger partial charge in [0, 0.05) is 12.6 Å². The van der Waals surface area contributed by atoms with Crippen LogP contribution in [0.25, 0.3) is 6.08 Å². The number of nitrogens with one attached hydrogen (secondary N) is 2. The molecule has 0 fully saturated rings. The molecule has 0 radical (unpaired) electrons. The second-order valence-corrected chi connectivity index (χ2v) is 12.4. The third-order valence-electron chi connectivity index (χ3n) is 6.79. The Morgan fingerprint density at radius 3 is 2.17 bits per heavy atom. The van der Waals surface area contributed by atoms with Crippen molar-refractivity contribution in [1.29, 1.82) is 0 Å². The number of amides is 3.